The number of aromatic amines is 1. The van der Waals surface area contributed by atoms with Crippen LogP contribution in [0.25, 0.3) is 0 Å². The number of H-pyrrole nitrogens is 1. The highest BCUT2D eigenvalue weighted by molar-refractivity contribution is 6.03. The Bertz CT molecular complexity index is 491. The van der Waals surface area contributed by atoms with Gasteiger partial charge < -0.3 is 10.1 Å². The maximum Gasteiger partial charge on any atom is 0.258 e. The lowest BCUT2D eigenvalue weighted by atomic mass is 10.2. The lowest BCUT2D eigenvalue weighted by molar-refractivity contribution is 0.102. The molecule has 0 saturated heterocycles. The first-order valence-electron chi connectivity index (χ1n) is 5.82. The number of hydrogen-bond acceptors (Lipinski definition) is 3. The predicted molar refractivity (Wildman–Crippen MR) is 68.8 cm³/mol. The first-order chi connectivity index (χ1) is 8.79. The zero-order valence-corrected chi connectivity index (χ0v) is 10.1. The van der Waals surface area contributed by atoms with Crippen LogP contribution >= 0.6 is 0 Å². The Kier molecular flexibility index (Phi) is 3.96. The van der Waals surface area contributed by atoms with Crippen molar-refractivity contribution in [2.45, 2.75) is 13.3 Å². The number of carbonyl (C=O) groups excluding carboxylic acids is 1. The molecule has 0 unspecified atom stereocenters. The number of rotatable bonds is 5. The molecule has 1 heterocycles. The van der Waals surface area contributed by atoms with Gasteiger partial charge in [-0.2, -0.15) is 5.10 Å². The first-order valence-corrected chi connectivity index (χ1v) is 5.82. The maximum atomic E-state index is 11.7. The van der Waals surface area contributed by atoms with Crippen molar-refractivity contribution in [2.24, 2.45) is 0 Å². The normalized spacial score (nSPS) is 10.1. The predicted octanol–water partition coefficient (Wildman–Crippen LogP) is 2.45. The van der Waals surface area contributed by atoms with Crippen LogP contribution in [-0.2, 0) is 0 Å². The fourth-order valence-corrected chi connectivity index (χ4v) is 1.43. The molecule has 0 spiro atoms. The lowest BCUT2D eigenvalue weighted by Crippen LogP contribution is -2.10. The van der Waals surface area contributed by atoms with Gasteiger partial charge in [0.1, 0.15) is 5.75 Å². The SMILES string of the molecule is CCCOc1ccc(NC(=O)c2cn[nH]c2)cc1. The van der Waals surface area contributed by atoms with E-state index in [2.05, 4.69) is 22.4 Å². The molecule has 1 aromatic heterocycles. The summed E-state index contributed by atoms with van der Waals surface area (Å²) in [6.45, 7) is 2.75. The Hall–Kier alpha value is -2.30. The van der Waals surface area contributed by atoms with E-state index in [1.807, 2.05) is 24.3 Å². The number of hydrogen-bond donors (Lipinski definition) is 2. The zero-order valence-electron chi connectivity index (χ0n) is 10.1. The van der Waals surface area contributed by atoms with E-state index in [0.717, 1.165) is 17.9 Å². The summed E-state index contributed by atoms with van der Waals surface area (Å²) in [4.78, 5) is 11.7. The van der Waals surface area contributed by atoms with Gasteiger partial charge in [0.2, 0.25) is 0 Å². The number of nitrogens with one attached hydrogen (secondary N) is 2. The van der Waals surface area contributed by atoms with Gasteiger partial charge in [-0.15, -0.1) is 0 Å². The number of benzene rings is 1. The van der Waals surface area contributed by atoms with E-state index < -0.39 is 0 Å². The van der Waals surface area contributed by atoms with Crippen molar-refractivity contribution in [3.63, 3.8) is 0 Å². The van der Waals surface area contributed by atoms with E-state index in [9.17, 15) is 4.79 Å². The second-order valence-corrected chi connectivity index (χ2v) is 3.81. The topological polar surface area (TPSA) is 67.0 Å². The molecule has 18 heavy (non-hydrogen) atoms. The monoisotopic (exact) mass is 245 g/mol. The molecule has 0 aliphatic rings. The van der Waals surface area contributed by atoms with E-state index in [1.54, 1.807) is 6.20 Å². The number of amides is 1. The number of ether oxygens (including phenoxy) is 1. The molecule has 5 nitrogen and oxygen atoms in total. The third kappa shape index (κ3) is 3.10. The molecule has 0 aliphatic carbocycles. The summed E-state index contributed by atoms with van der Waals surface area (Å²) in [5.41, 5.74) is 1.23. The standard InChI is InChI=1S/C13H15N3O2/c1-2-7-18-12-5-3-11(4-6-12)16-13(17)10-8-14-15-9-10/h3-6,8-9H,2,7H2,1H3,(H,14,15)(H,16,17). The molecular formula is C13H15N3O2. The van der Waals surface area contributed by atoms with Crippen molar-refractivity contribution >= 4 is 11.6 Å². The molecule has 0 bridgehead atoms. The summed E-state index contributed by atoms with van der Waals surface area (Å²) in [7, 11) is 0. The van der Waals surface area contributed by atoms with Crippen molar-refractivity contribution in [3.8, 4) is 5.75 Å². The van der Waals surface area contributed by atoms with Crippen LogP contribution in [0.2, 0.25) is 0 Å². The summed E-state index contributed by atoms with van der Waals surface area (Å²) in [6, 6.07) is 7.28. The van der Waals surface area contributed by atoms with Gasteiger partial charge in [-0.25, -0.2) is 0 Å². The van der Waals surface area contributed by atoms with Crippen LogP contribution in [0, 0.1) is 0 Å². The number of anilines is 1. The van der Waals surface area contributed by atoms with Crippen molar-refractivity contribution in [2.75, 3.05) is 11.9 Å². The van der Waals surface area contributed by atoms with Crippen molar-refractivity contribution in [1.82, 2.24) is 10.2 Å². The van der Waals surface area contributed by atoms with Gasteiger partial charge in [0.05, 0.1) is 18.4 Å². The van der Waals surface area contributed by atoms with Gasteiger partial charge in [-0.1, -0.05) is 6.92 Å². The van der Waals surface area contributed by atoms with Gasteiger partial charge in [-0.05, 0) is 30.7 Å². The number of carbonyl (C=O) groups is 1. The van der Waals surface area contributed by atoms with Gasteiger partial charge in [-0.3, -0.25) is 9.89 Å². The molecule has 1 aromatic carbocycles. The summed E-state index contributed by atoms with van der Waals surface area (Å²) < 4.78 is 5.46. The first kappa shape index (κ1) is 12.2. The Morgan fingerprint density at radius 1 is 1.39 bits per heavy atom. The van der Waals surface area contributed by atoms with E-state index in [-0.39, 0.29) is 5.91 Å². The highest BCUT2D eigenvalue weighted by atomic mass is 16.5. The Balaban J connectivity index is 1.96. The van der Waals surface area contributed by atoms with Crippen LogP contribution in [-0.4, -0.2) is 22.7 Å². The average molecular weight is 245 g/mol. The molecule has 0 saturated carbocycles. The molecule has 5 heteroatoms. The number of aromatic nitrogens is 2. The molecule has 2 rings (SSSR count). The van der Waals surface area contributed by atoms with Crippen LogP contribution in [0.15, 0.2) is 36.7 Å². The maximum absolute atomic E-state index is 11.7. The van der Waals surface area contributed by atoms with Gasteiger partial charge in [0.15, 0.2) is 0 Å². The van der Waals surface area contributed by atoms with Crippen LogP contribution in [0.1, 0.15) is 23.7 Å². The molecule has 0 fully saturated rings. The smallest absolute Gasteiger partial charge is 0.258 e. The quantitative estimate of drug-likeness (QED) is 0.850. The van der Waals surface area contributed by atoms with E-state index in [0.29, 0.717) is 12.2 Å². The number of nitrogens with zero attached hydrogens (tertiary/aromatic N) is 1. The Morgan fingerprint density at radius 2 is 2.17 bits per heavy atom. The molecule has 0 radical (unpaired) electrons. The van der Waals surface area contributed by atoms with E-state index in [1.165, 1.54) is 6.20 Å². The molecule has 94 valence electrons. The molecule has 2 aromatic rings. The van der Waals surface area contributed by atoms with Crippen LogP contribution < -0.4 is 10.1 Å². The molecule has 0 aliphatic heterocycles. The summed E-state index contributed by atoms with van der Waals surface area (Å²) in [5, 5.41) is 9.10. The second kappa shape index (κ2) is 5.86. The average Bonchev–Trinajstić information content (AvgIpc) is 2.92. The Labute approximate surface area is 105 Å². The van der Waals surface area contributed by atoms with Gasteiger partial charge in [0, 0.05) is 11.9 Å². The summed E-state index contributed by atoms with van der Waals surface area (Å²) >= 11 is 0. The van der Waals surface area contributed by atoms with Crippen molar-refractivity contribution < 1.29 is 9.53 Å². The molecule has 1 amide bonds. The minimum atomic E-state index is -0.189. The van der Waals surface area contributed by atoms with Crippen molar-refractivity contribution in [1.29, 1.82) is 0 Å². The fourth-order valence-electron chi connectivity index (χ4n) is 1.43. The van der Waals surface area contributed by atoms with Crippen molar-refractivity contribution in [3.05, 3.63) is 42.2 Å². The molecule has 0 atom stereocenters. The molecule has 2 N–H and O–H groups in total. The summed E-state index contributed by atoms with van der Waals surface area (Å²) in [5.74, 6) is 0.615. The van der Waals surface area contributed by atoms with Crippen LogP contribution in [0.4, 0.5) is 5.69 Å². The van der Waals surface area contributed by atoms with Gasteiger partial charge in [0.25, 0.3) is 5.91 Å². The minimum Gasteiger partial charge on any atom is -0.494 e. The van der Waals surface area contributed by atoms with Crippen LogP contribution in [0.5, 0.6) is 5.75 Å². The molecular weight excluding hydrogens is 230 g/mol. The second-order valence-electron chi connectivity index (χ2n) is 3.81. The lowest BCUT2D eigenvalue weighted by Gasteiger charge is -2.06. The highest BCUT2D eigenvalue weighted by Crippen LogP contribution is 2.16. The van der Waals surface area contributed by atoms with E-state index in [4.69, 9.17) is 4.74 Å². The summed E-state index contributed by atoms with van der Waals surface area (Å²) in [6.07, 6.45) is 4.00. The fraction of sp³-hybridized carbons (Fsp3) is 0.231. The van der Waals surface area contributed by atoms with Crippen LogP contribution in [0.3, 0.4) is 0 Å². The minimum absolute atomic E-state index is 0.189. The Morgan fingerprint density at radius 3 is 2.78 bits per heavy atom. The largest absolute Gasteiger partial charge is 0.494 e. The highest BCUT2D eigenvalue weighted by Gasteiger charge is 2.06. The third-order valence-electron chi connectivity index (χ3n) is 2.35. The zero-order chi connectivity index (χ0) is 12.8. The van der Waals surface area contributed by atoms with E-state index >= 15 is 0 Å². The third-order valence-corrected chi connectivity index (χ3v) is 2.35. The van der Waals surface area contributed by atoms with Gasteiger partial charge >= 0.3 is 0 Å².